The number of hydrogen-bond acceptors (Lipinski definition) is 3. The second kappa shape index (κ2) is 8.07. The van der Waals surface area contributed by atoms with Crippen molar-refractivity contribution in [3.05, 3.63) is 59.7 Å². The fraction of sp³-hybridized carbons (Fsp3) is 0.316. The molecule has 2 aromatic carbocycles. The quantitative estimate of drug-likeness (QED) is 0.869. The van der Waals surface area contributed by atoms with E-state index in [1.807, 2.05) is 24.3 Å². The van der Waals surface area contributed by atoms with Crippen LogP contribution in [0.15, 0.2) is 42.5 Å². The Labute approximate surface area is 145 Å². The third kappa shape index (κ3) is 4.76. The van der Waals surface area contributed by atoms with Crippen LogP contribution in [-0.2, 0) is 11.3 Å². The zero-order valence-corrected chi connectivity index (χ0v) is 13.8. The molecule has 0 aromatic heterocycles. The summed E-state index contributed by atoms with van der Waals surface area (Å²) in [5.41, 5.74) is 1.73. The van der Waals surface area contributed by atoms with Crippen molar-refractivity contribution in [2.75, 3.05) is 25.0 Å². The van der Waals surface area contributed by atoms with Gasteiger partial charge >= 0.3 is 0 Å². The maximum absolute atomic E-state index is 13.5. The van der Waals surface area contributed by atoms with Gasteiger partial charge in [-0.15, -0.1) is 0 Å². The third-order valence-corrected chi connectivity index (χ3v) is 4.14. The molecule has 1 amide bonds. The van der Waals surface area contributed by atoms with Gasteiger partial charge in [-0.25, -0.2) is 8.78 Å². The highest BCUT2D eigenvalue weighted by Crippen LogP contribution is 2.21. The molecule has 0 saturated carbocycles. The van der Waals surface area contributed by atoms with Crippen LogP contribution in [0.25, 0.3) is 0 Å². The molecule has 4 nitrogen and oxygen atoms in total. The number of amides is 1. The highest BCUT2D eigenvalue weighted by atomic mass is 19.1. The first kappa shape index (κ1) is 17.4. The number of hydrogen-bond donors (Lipinski definition) is 1. The summed E-state index contributed by atoms with van der Waals surface area (Å²) in [6, 6.07) is 10.5. The van der Waals surface area contributed by atoms with Crippen LogP contribution in [0.1, 0.15) is 18.4 Å². The molecule has 2 aromatic rings. The van der Waals surface area contributed by atoms with E-state index in [-0.39, 0.29) is 5.75 Å². The van der Waals surface area contributed by atoms with Gasteiger partial charge in [0.1, 0.15) is 5.82 Å². The lowest BCUT2D eigenvalue weighted by Gasteiger charge is -2.18. The molecule has 0 radical (unpaired) electrons. The molecule has 0 atom stereocenters. The van der Waals surface area contributed by atoms with E-state index in [2.05, 4.69) is 10.2 Å². The minimum absolute atomic E-state index is 0.277. The molecular weight excluding hydrogens is 326 g/mol. The van der Waals surface area contributed by atoms with Crippen molar-refractivity contribution in [2.24, 2.45) is 0 Å². The van der Waals surface area contributed by atoms with E-state index in [1.54, 1.807) is 0 Å². The molecule has 1 saturated heterocycles. The fourth-order valence-corrected chi connectivity index (χ4v) is 2.88. The molecule has 1 aliphatic rings. The Bertz CT molecular complexity index is 746. The van der Waals surface area contributed by atoms with Crippen molar-refractivity contribution in [3.63, 3.8) is 0 Å². The van der Waals surface area contributed by atoms with Gasteiger partial charge < -0.3 is 10.1 Å². The molecule has 1 heterocycles. The van der Waals surface area contributed by atoms with Crippen molar-refractivity contribution in [2.45, 2.75) is 19.4 Å². The van der Waals surface area contributed by atoms with E-state index in [0.29, 0.717) is 5.69 Å². The second-order valence-electron chi connectivity index (χ2n) is 6.05. The van der Waals surface area contributed by atoms with Gasteiger partial charge in [0.2, 0.25) is 0 Å². The first-order chi connectivity index (χ1) is 12.1. The smallest absolute Gasteiger partial charge is 0.262 e. The van der Waals surface area contributed by atoms with Gasteiger partial charge in [0.25, 0.3) is 5.91 Å². The standard InChI is InChI=1S/C19H20F2N2O2/c20-15-7-8-16(21)18(11-15)25-13-19(24)22-17-6-2-1-5-14(17)12-23-9-3-4-10-23/h1-2,5-8,11H,3-4,9-10,12-13H2,(H,22,24). The summed E-state index contributed by atoms with van der Waals surface area (Å²) in [5, 5.41) is 2.78. The number of ether oxygens (including phenoxy) is 1. The Morgan fingerprint density at radius 1 is 1.12 bits per heavy atom. The molecule has 0 bridgehead atoms. The number of halogens is 2. The van der Waals surface area contributed by atoms with E-state index in [0.717, 1.165) is 43.4 Å². The van der Waals surface area contributed by atoms with E-state index in [4.69, 9.17) is 4.74 Å². The molecule has 6 heteroatoms. The first-order valence-corrected chi connectivity index (χ1v) is 8.30. The molecule has 3 rings (SSSR count). The number of carbonyl (C=O) groups is 1. The van der Waals surface area contributed by atoms with Crippen LogP contribution in [-0.4, -0.2) is 30.5 Å². The minimum Gasteiger partial charge on any atom is -0.481 e. The van der Waals surface area contributed by atoms with Gasteiger partial charge in [0.15, 0.2) is 18.2 Å². The molecule has 0 aliphatic carbocycles. The van der Waals surface area contributed by atoms with E-state index >= 15 is 0 Å². The van der Waals surface area contributed by atoms with Gasteiger partial charge in [-0.3, -0.25) is 9.69 Å². The highest BCUT2D eigenvalue weighted by molar-refractivity contribution is 5.92. The van der Waals surface area contributed by atoms with E-state index in [1.165, 1.54) is 12.8 Å². The van der Waals surface area contributed by atoms with Crippen molar-refractivity contribution in [1.82, 2.24) is 4.90 Å². The summed E-state index contributed by atoms with van der Waals surface area (Å²) in [6.45, 7) is 2.50. The average Bonchev–Trinajstić information content (AvgIpc) is 3.10. The van der Waals surface area contributed by atoms with Crippen LogP contribution in [0.4, 0.5) is 14.5 Å². The lowest BCUT2D eigenvalue weighted by molar-refractivity contribution is -0.118. The van der Waals surface area contributed by atoms with Gasteiger partial charge in [0.05, 0.1) is 0 Å². The number of anilines is 1. The zero-order chi connectivity index (χ0) is 17.6. The monoisotopic (exact) mass is 346 g/mol. The Hall–Kier alpha value is -2.47. The Morgan fingerprint density at radius 3 is 2.68 bits per heavy atom. The fourth-order valence-electron chi connectivity index (χ4n) is 2.88. The van der Waals surface area contributed by atoms with Crippen LogP contribution in [0.2, 0.25) is 0 Å². The number of para-hydroxylation sites is 1. The van der Waals surface area contributed by atoms with Gasteiger partial charge in [-0.2, -0.15) is 0 Å². The van der Waals surface area contributed by atoms with Crippen molar-refractivity contribution < 1.29 is 18.3 Å². The summed E-state index contributed by atoms with van der Waals surface area (Å²) < 4.78 is 31.7. The van der Waals surface area contributed by atoms with E-state index < -0.39 is 24.1 Å². The summed E-state index contributed by atoms with van der Waals surface area (Å²) in [5.74, 6) is -2.02. The van der Waals surface area contributed by atoms with Crippen LogP contribution < -0.4 is 10.1 Å². The topological polar surface area (TPSA) is 41.6 Å². The molecule has 25 heavy (non-hydrogen) atoms. The van der Waals surface area contributed by atoms with Crippen LogP contribution in [0, 0.1) is 11.6 Å². The lowest BCUT2D eigenvalue weighted by Crippen LogP contribution is -2.23. The second-order valence-corrected chi connectivity index (χ2v) is 6.05. The zero-order valence-electron chi connectivity index (χ0n) is 13.8. The lowest BCUT2D eigenvalue weighted by atomic mass is 10.1. The molecule has 1 aliphatic heterocycles. The summed E-state index contributed by atoms with van der Waals surface area (Å²) in [7, 11) is 0. The van der Waals surface area contributed by atoms with Gasteiger partial charge in [-0.1, -0.05) is 18.2 Å². The van der Waals surface area contributed by atoms with Crippen LogP contribution >= 0.6 is 0 Å². The Morgan fingerprint density at radius 2 is 1.88 bits per heavy atom. The molecule has 132 valence electrons. The molecular formula is C19H20F2N2O2. The van der Waals surface area contributed by atoms with Gasteiger partial charge in [0, 0.05) is 18.3 Å². The number of nitrogens with one attached hydrogen (secondary N) is 1. The van der Waals surface area contributed by atoms with Crippen LogP contribution in [0.3, 0.4) is 0 Å². The molecule has 0 spiro atoms. The number of benzene rings is 2. The highest BCUT2D eigenvalue weighted by Gasteiger charge is 2.15. The predicted molar refractivity (Wildman–Crippen MR) is 91.4 cm³/mol. The predicted octanol–water partition coefficient (Wildman–Crippen LogP) is 3.58. The Balaban J connectivity index is 1.60. The average molecular weight is 346 g/mol. The SMILES string of the molecule is O=C(COc1cc(F)ccc1F)Nc1ccccc1CN1CCCC1. The molecule has 1 fully saturated rings. The summed E-state index contributed by atoms with van der Waals surface area (Å²) >= 11 is 0. The van der Waals surface area contributed by atoms with Gasteiger partial charge in [-0.05, 0) is 49.7 Å². The number of carbonyl (C=O) groups excluding carboxylic acids is 1. The summed E-state index contributed by atoms with van der Waals surface area (Å²) in [6.07, 6.45) is 2.39. The van der Waals surface area contributed by atoms with Crippen molar-refractivity contribution in [1.29, 1.82) is 0 Å². The minimum atomic E-state index is -0.705. The van der Waals surface area contributed by atoms with Crippen molar-refractivity contribution in [3.8, 4) is 5.75 Å². The normalized spacial score (nSPS) is 14.5. The van der Waals surface area contributed by atoms with E-state index in [9.17, 15) is 13.6 Å². The largest absolute Gasteiger partial charge is 0.481 e. The van der Waals surface area contributed by atoms with Crippen LogP contribution in [0.5, 0.6) is 5.75 Å². The maximum Gasteiger partial charge on any atom is 0.262 e. The van der Waals surface area contributed by atoms with Crippen molar-refractivity contribution >= 4 is 11.6 Å². The maximum atomic E-state index is 13.5. The first-order valence-electron chi connectivity index (χ1n) is 8.30. The Kier molecular flexibility index (Phi) is 5.60. The molecule has 0 unspecified atom stereocenters. The molecule has 1 N–H and O–H groups in total. The number of rotatable bonds is 6. The number of likely N-dealkylation sites (tertiary alicyclic amines) is 1. The summed E-state index contributed by atoms with van der Waals surface area (Å²) in [4.78, 5) is 14.4. The number of nitrogens with zero attached hydrogens (tertiary/aromatic N) is 1. The third-order valence-electron chi connectivity index (χ3n) is 4.14.